The van der Waals surface area contributed by atoms with Crippen molar-refractivity contribution in [3.8, 4) is 0 Å². The molecule has 1 aliphatic rings. The molecule has 1 aromatic heterocycles. The second-order valence-electron chi connectivity index (χ2n) is 5.55. The lowest BCUT2D eigenvalue weighted by Gasteiger charge is -2.35. The maximum absolute atomic E-state index is 14.7. The third-order valence-electron chi connectivity index (χ3n) is 3.84. The number of hydrogen-bond donors (Lipinski definition) is 1. The number of likely N-dealkylation sites (tertiary alicyclic amines) is 1. The molecule has 1 fully saturated rings. The maximum Gasteiger partial charge on any atom is 0.274 e. The van der Waals surface area contributed by atoms with E-state index >= 15 is 0 Å². The van der Waals surface area contributed by atoms with Crippen molar-refractivity contribution in [1.29, 1.82) is 0 Å². The van der Waals surface area contributed by atoms with Crippen LogP contribution in [0.5, 0.6) is 0 Å². The van der Waals surface area contributed by atoms with Crippen molar-refractivity contribution in [2.75, 3.05) is 33.4 Å². The Balaban J connectivity index is 1.91. The SMILES string of the molecule is COCCNC(=O)C1(F)CCN(C(=O)c2cnc(C)cn2)CC1. The van der Waals surface area contributed by atoms with E-state index in [9.17, 15) is 14.0 Å². The molecule has 0 spiro atoms. The van der Waals surface area contributed by atoms with E-state index in [4.69, 9.17) is 4.74 Å². The number of rotatable bonds is 5. The largest absolute Gasteiger partial charge is 0.383 e. The first-order valence-electron chi connectivity index (χ1n) is 7.50. The van der Waals surface area contributed by atoms with Gasteiger partial charge < -0.3 is 15.0 Å². The minimum Gasteiger partial charge on any atom is -0.383 e. The fraction of sp³-hybridized carbons (Fsp3) is 0.600. The van der Waals surface area contributed by atoms with Gasteiger partial charge in [0.05, 0.1) is 18.5 Å². The third-order valence-corrected chi connectivity index (χ3v) is 3.84. The Morgan fingerprint density at radius 3 is 2.61 bits per heavy atom. The number of aryl methyl sites for hydroxylation is 1. The van der Waals surface area contributed by atoms with Crippen LogP contribution in [0, 0.1) is 6.92 Å². The molecule has 1 N–H and O–H groups in total. The summed E-state index contributed by atoms with van der Waals surface area (Å²) in [5.41, 5.74) is -0.995. The molecule has 0 atom stereocenters. The Kier molecular flexibility index (Phi) is 5.59. The van der Waals surface area contributed by atoms with E-state index in [1.807, 2.05) is 0 Å². The topological polar surface area (TPSA) is 84.4 Å². The van der Waals surface area contributed by atoms with Gasteiger partial charge >= 0.3 is 0 Å². The standard InChI is InChI=1S/C15H21FN4O3/c1-11-9-19-12(10-18-11)13(21)20-6-3-15(16,4-7-20)14(22)17-5-8-23-2/h9-10H,3-8H2,1-2H3,(H,17,22). The molecule has 1 aliphatic heterocycles. The molecular weight excluding hydrogens is 303 g/mol. The van der Waals surface area contributed by atoms with E-state index in [2.05, 4.69) is 15.3 Å². The summed E-state index contributed by atoms with van der Waals surface area (Å²) in [5, 5.41) is 2.51. The summed E-state index contributed by atoms with van der Waals surface area (Å²) in [5.74, 6) is -0.934. The van der Waals surface area contributed by atoms with Crippen molar-refractivity contribution in [3.63, 3.8) is 0 Å². The van der Waals surface area contributed by atoms with Gasteiger partial charge in [0, 0.05) is 45.8 Å². The van der Waals surface area contributed by atoms with Crippen molar-refractivity contribution in [2.45, 2.75) is 25.4 Å². The van der Waals surface area contributed by atoms with Crippen molar-refractivity contribution < 1.29 is 18.7 Å². The summed E-state index contributed by atoms with van der Waals surface area (Å²) in [4.78, 5) is 33.8. The number of nitrogens with one attached hydrogen (secondary N) is 1. The van der Waals surface area contributed by atoms with Gasteiger partial charge in [0.25, 0.3) is 11.8 Å². The first-order chi connectivity index (χ1) is 11.0. The summed E-state index contributed by atoms with van der Waals surface area (Å²) in [6.07, 6.45) is 2.86. The van der Waals surface area contributed by atoms with Gasteiger partial charge in [-0.2, -0.15) is 0 Å². The van der Waals surface area contributed by atoms with Crippen LogP contribution in [0.25, 0.3) is 0 Å². The van der Waals surface area contributed by atoms with E-state index in [0.29, 0.717) is 6.61 Å². The van der Waals surface area contributed by atoms with Crippen LogP contribution in [0.3, 0.4) is 0 Å². The molecule has 0 bridgehead atoms. The quantitative estimate of drug-likeness (QED) is 0.797. The highest BCUT2D eigenvalue weighted by Gasteiger charge is 2.42. The molecule has 0 aliphatic carbocycles. The Morgan fingerprint density at radius 2 is 2.04 bits per heavy atom. The molecule has 1 aromatic rings. The number of hydrogen-bond acceptors (Lipinski definition) is 5. The Bertz CT molecular complexity index is 556. The van der Waals surface area contributed by atoms with Crippen LogP contribution in [0.2, 0.25) is 0 Å². The Hall–Kier alpha value is -2.09. The molecule has 2 heterocycles. The second kappa shape index (κ2) is 7.45. The number of carbonyl (C=O) groups is 2. The van der Waals surface area contributed by atoms with E-state index in [0.717, 1.165) is 5.69 Å². The average molecular weight is 324 g/mol. The lowest BCUT2D eigenvalue weighted by atomic mass is 9.92. The van der Waals surface area contributed by atoms with Gasteiger partial charge in [-0.15, -0.1) is 0 Å². The van der Waals surface area contributed by atoms with Gasteiger partial charge in [-0.05, 0) is 6.92 Å². The van der Waals surface area contributed by atoms with Crippen molar-refractivity contribution in [2.24, 2.45) is 0 Å². The van der Waals surface area contributed by atoms with Gasteiger partial charge in [-0.3, -0.25) is 14.6 Å². The average Bonchev–Trinajstić information content (AvgIpc) is 2.56. The summed E-state index contributed by atoms with van der Waals surface area (Å²) in [6, 6.07) is 0. The minimum absolute atomic E-state index is 0.0309. The molecule has 1 saturated heterocycles. The fourth-order valence-corrected chi connectivity index (χ4v) is 2.38. The van der Waals surface area contributed by atoms with Gasteiger partial charge in [-0.25, -0.2) is 9.37 Å². The van der Waals surface area contributed by atoms with Crippen molar-refractivity contribution in [1.82, 2.24) is 20.2 Å². The lowest BCUT2D eigenvalue weighted by Crippen LogP contribution is -2.52. The summed E-state index contributed by atoms with van der Waals surface area (Å²) in [7, 11) is 1.51. The second-order valence-corrected chi connectivity index (χ2v) is 5.55. The molecule has 2 amide bonds. The first-order valence-corrected chi connectivity index (χ1v) is 7.50. The number of methoxy groups -OCH3 is 1. The van der Waals surface area contributed by atoms with E-state index < -0.39 is 11.6 Å². The van der Waals surface area contributed by atoms with Crippen LogP contribution >= 0.6 is 0 Å². The molecule has 7 nitrogen and oxygen atoms in total. The molecule has 0 unspecified atom stereocenters. The number of piperidine rings is 1. The predicted octanol–water partition coefficient (Wildman–Crippen LogP) is 0.492. The molecule has 0 aromatic carbocycles. The van der Waals surface area contributed by atoms with Crippen molar-refractivity contribution in [3.05, 3.63) is 23.8 Å². The fourth-order valence-electron chi connectivity index (χ4n) is 2.38. The summed E-state index contributed by atoms with van der Waals surface area (Å²) in [6.45, 7) is 2.72. The zero-order valence-corrected chi connectivity index (χ0v) is 13.3. The minimum atomic E-state index is -1.94. The van der Waals surface area contributed by atoms with Gasteiger partial charge in [-0.1, -0.05) is 0 Å². The van der Waals surface area contributed by atoms with Crippen LogP contribution in [0.15, 0.2) is 12.4 Å². The normalized spacial score (nSPS) is 16.9. The third kappa shape index (κ3) is 4.22. The number of halogens is 1. The van der Waals surface area contributed by atoms with Crippen molar-refractivity contribution >= 4 is 11.8 Å². The molecule has 0 radical (unpaired) electrons. The number of ether oxygens (including phenoxy) is 1. The highest BCUT2D eigenvalue weighted by Crippen LogP contribution is 2.27. The van der Waals surface area contributed by atoms with Crippen LogP contribution in [0.4, 0.5) is 4.39 Å². The van der Waals surface area contributed by atoms with Crippen LogP contribution in [-0.2, 0) is 9.53 Å². The Morgan fingerprint density at radius 1 is 1.35 bits per heavy atom. The van der Waals surface area contributed by atoms with E-state index in [1.54, 1.807) is 6.92 Å². The zero-order valence-electron chi connectivity index (χ0n) is 13.3. The lowest BCUT2D eigenvalue weighted by molar-refractivity contribution is -0.135. The zero-order chi connectivity index (χ0) is 16.9. The van der Waals surface area contributed by atoms with Gasteiger partial charge in [0.15, 0.2) is 5.67 Å². The van der Waals surface area contributed by atoms with Crippen LogP contribution in [-0.4, -0.2) is 65.7 Å². The molecule has 23 heavy (non-hydrogen) atoms. The predicted molar refractivity (Wildman–Crippen MR) is 80.6 cm³/mol. The van der Waals surface area contributed by atoms with Crippen LogP contribution in [0.1, 0.15) is 29.0 Å². The van der Waals surface area contributed by atoms with E-state index in [-0.39, 0.29) is 44.1 Å². The molecule has 0 saturated carbocycles. The number of aromatic nitrogens is 2. The van der Waals surface area contributed by atoms with E-state index in [1.165, 1.54) is 24.4 Å². The summed E-state index contributed by atoms with van der Waals surface area (Å²) >= 11 is 0. The number of alkyl halides is 1. The first kappa shape index (κ1) is 17.3. The number of carbonyl (C=O) groups excluding carboxylic acids is 2. The highest BCUT2D eigenvalue weighted by atomic mass is 19.1. The molecule has 126 valence electrons. The molecule has 2 rings (SSSR count). The smallest absolute Gasteiger partial charge is 0.274 e. The van der Waals surface area contributed by atoms with Gasteiger partial charge in [0.2, 0.25) is 0 Å². The number of amides is 2. The number of nitrogens with zero attached hydrogens (tertiary/aromatic N) is 3. The molecule has 8 heteroatoms. The Labute approximate surface area is 134 Å². The summed E-state index contributed by atoms with van der Waals surface area (Å²) < 4.78 is 19.5. The monoisotopic (exact) mass is 324 g/mol. The van der Waals surface area contributed by atoms with Gasteiger partial charge in [0.1, 0.15) is 5.69 Å². The highest BCUT2D eigenvalue weighted by molar-refractivity contribution is 5.92. The van der Waals surface area contributed by atoms with Crippen LogP contribution < -0.4 is 5.32 Å². The molecular formula is C15H21FN4O3. The maximum atomic E-state index is 14.7.